The average molecular weight is 340 g/mol. The van der Waals surface area contributed by atoms with E-state index in [9.17, 15) is 0 Å². The van der Waals surface area contributed by atoms with E-state index in [4.69, 9.17) is 0 Å². The number of halogens is 1. The fourth-order valence-corrected chi connectivity index (χ4v) is 2.67. The Labute approximate surface area is 128 Å². The maximum absolute atomic E-state index is 4.46. The Hall–Kier alpha value is -2.47. The van der Waals surface area contributed by atoms with E-state index < -0.39 is 0 Å². The maximum atomic E-state index is 4.46. The minimum Gasteiger partial charge on any atom is -0.337 e. The summed E-state index contributed by atoms with van der Waals surface area (Å²) in [5, 5.41) is 4.39. The highest BCUT2D eigenvalue weighted by Crippen LogP contribution is 2.23. The van der Waals surface area contributed by atoms with Crippen LogP contribution in [0, 0.1) is 0 Å². The van der Waals surface area contributed by atoms with Crippen molar-refractivity contribution in [2.45, 2.75) is 0 Å². The summed E-state index contributed by atoms with van der Waals surface area (Å²) in [7, 11) is 0. The van der Waals surface area contributed by atoms with Gasteiger partial charge >= 0.3 is 0 Å². The second-order valence-electron chi connectivity index (χ2n) is 4.61. The van der Waals surface area contributed by atoms with Gasteiger partial charge in [0.2, 0.25) is 0 Å². The van der Waals surface area contributed by atoms with Gasteiger partial charge in [0.15, 0.2) is 11.5 Å². The highest BCUT2D eigenvalue weighted by molar-refractivity contribution is 9.10. The zero-order valence-corrected chi connectivity index (χ0v) is 12.4. The van der Waals surface area contributed by atoms with Gasteiger partial charge in [-0.15, -0.1) is 0 Å². The molecule has 3 heterocycles. The summed E-state index contributed by atoms with van der Waals surface area (Å²) in [5.41, 5.74) is 2.70. The normalized spacial score (nSPS) is 11.1. The molecule has 0 atom stereocenters. The molecule has 0 aliphatic rings. The molecule has 3 aromatic heterocycles. The van der Waals surface area contributed by atoms with Gasteiger partial charge in [-0.2, -0.15) is 0 Å². The number of imidazole rings is 1. The third-order valence-corrected chi connectivity index (χ3v) is 3.59. The zero-order chi connectivity index (χ0) is 14.2. The van der Waals surface area contributed by atoms with Crippen molar-refractivity contribution < 1.29 is 0 Å². The van der Waals surface area contributed by atoms with Crippen LogP contribution in [0.1, 0.15) is 0 Å². The summed E-state index contributed by atoms with van der Waals surface area (Å²) in [6.07, 6.45) is 7.30. The van der Waals surface area contributed by atoms with E-state index in [1.165, 1.54) is 0 Å². The lowest BCUT2D eigenvalue weighted by molar-refractivity contribution is 1.10. The topological polar surface area (TPSA) is 55.1 Å². The Kier molecular flexibility index (Phi) is 2.82. The molecule has 0 fully saturated rings. The number of anilines is 2. The molecule has 102 valence electrons. The second kappa shape index (κ2) is 4.82. The number of hydrogen-bond acceptors (Lipinski definition) is 4. The predicted octanol–water partition coefficient (Wildman–Crippen LogP) is 3.78. The molecule has 21 heavy (non-hydrogen) atoms. The van der Waals surface area contributed by atoms with E-state index in [-0.39, 0.29) is 0 Å². The van der Waals surface area contributed by atoms with Crippen molar-refractivity contribution in [3.8, 4) is 0 Å². The molecule has 0 saturated carbocycles. The van der Waals surface area contributed by atoms with Crippen molar-refractivity contribution in [3.05, 3.63) is 59.7 Å². The SMILES string of the molecule is Brc1cn2ccnc2c(Nc2ccc3ncccc3c2)n1. The van der Waals surface area contributed by atoms with Gasteiger partial charge in [0.05, 0.1) is 5.52 Å². The van der Waals surface area contributed by atoms with Gasteiger partial charge in [-0.05, 0) is 40.2 Å². The van der Waals surface area contributed by atoms with Crippen LogP contribution in [0.2, 0.25) is 0 Å². The third kappa shape index (κ3) is 2.23. The van der Waals surface area contributed by atoms with Gasteiger partial charge in [0.25, 0.3) is 0 Å². The van der Waals surface area contributed by atoms with Crippen LogP contribution < -0.4 is 5.32 Å². The Morgan fingerprint density at radius 2 is 2.05 bits per heavy atom. The van der Waals surface area contributed by atoms with Crippen molar-refractivity contribution in [2.24, 2.45) is 0 Å². The van der Waals surface area contributed by atoms with Crippen LogP contribution in [-0.4, -0.2) is 19.4 Å². The van der Waals surface area contributed by atoms with E-state index >= 15 is 0 Å². The summed E-state index contributed by atoms with van der Waals surface area (Å²) < 4.78 is 2.67. The molecular weight excluding hydrogens is 330 g/mol. The van der Waals surface area contributed by atoms with E-state index in [1.807, 2.05) is 47.1 Å². The van der Waals surface area contributed by atoms with Gasteiger partial charge in [0, 0.05) is 35.9 Å². The summed E-state index contributed by atoms with van der Waals surface area (Å²) in [6, 6.07) is 9.98. The quantitative estimate of drug-likeness (QED) is 0.603. The number of benzene rings is 1. The fourth-order valence-electron chi connectivity index (χ4n) is 2.28. The first kappa shape index (κ1) is 12.3. The molecule has 0 spiro atoms. The molecule has 1 N–H and O–H groups in total. The van der Waals surface area contributed by atoms with Crippen LogP contribution in [0.3, 0.4) is 0 Å². The third-order valence-electron chi connectivity index (χ3n) is 3.21. The number of hydrogen-bond donors (Lipinski definition) is 1. The predicted molar refractivity (Wildman–Crippen MR) is 85.7 cm³/mol. The van der Waals surface area contributed by atoms with Gasteiger partial charge in [-0.3, -0.25) is 4.98 Å². The monoisotopic (exact) mass is 339 g/mol. The summed E-state index contributed by atoms with van der Waals surface area (Å²) in [4.78, 5) is 13.1. The first-order valence-electron chi connectivity index (χ1n) is 6.41. The van der Waals surface area contributed by atoms with Crippen LogP contribution in [0.5, 0.6) is 0 Å². The van der Waals surface area contributed by atoms with Crippen molar-refractivity contribution in [3.63, 3.8) is 0 Å². The number of rotatable bonds is 2. The first-order valence-corrected chi connectivity index (χ1v) is 7.20. The Balaban J connectivity index is 1.80. The smallest absolute Gasteiger partial charge is 0.180 e. The van der Waals surface area contributed by atoms with Crippen LogP contribution in [-0.2, 0) is 0 Å². The second-order valence-corrected chi connectivity index (χ2v) is 5.42. The molecule has 4 aromatic rings. The highest BCUT2D eigenvalue weighted by Gasteiger charge is 2.07. The minimum absolute atomic E-state index is 0.706. The van der Waals surface area contributed by atoms with Crippen LogP contribution in [0.4, 0.5) is 11.5 Å². The van der Waals surface area contributed by atoms with Crippen molar-refractivity contribution in [1.82, 2.24) is 19.4 Å². The molecule has 0 amide bonds. The van der Waals surface area contributed by atoms with Crippen molar-refractivity contribution >= 4 is 44.0 Å². The molecule has 6 heteroatoms. The lowest BCUT2D eigenvalue weighted by atomic mass is 10.2. The minimum atomic E-state index is 0.706. The molecule has 0 aliphatic heterocycles. The lowest BCUT2D eigenvalue weighted by Crippen LogP contribution is -1.98. The molecule has 5 nitrogen and oxygen atoms in total. The van der Waals surface area contributed by atoms with E-state index in [2.05, 4.69) is 36.2 Å². The van der Waals surface area contributed by atoms with Crippen molar-refractivity contribution in [2.75, 3.05) is 5.32 Å². The van der Waals surface area contributed by atoms with Crippen molar-refractivity contribution in [1.29, 1.82) is 0 Å². The number of fused-ring (bicyclic) bond motifs is 2. The molecular formula is C15H10BrN5. The fraction of sp³-hybridized carbons (Fsp3) is 0. The van der Waals surface area contributed by atoms with Crippen LogP contribution in [0.15, 0.2) is 59.7 Å². The van der Waals surface area contributed by atoms with Gasteiger partial charge in [-0.25, -0.2) is 9.97 Å². The molecule has 1 aromatic carbocycles. The van der Waals surface area contributed by atoms with Gasteiger partial charge in [-0.1, -0.05) is 6.07 Å². The summed E-state index contributed by atoms with van der Waals surface area (Å²) in [6.45, 7) is 0. The van der Waals surface area contributed by atoms with Gasteiger partial charge in [0.1, 0.15) is 4.60 Å². The molecule has 0 unspecified atom stereocenters. The Bertz CT molecular complexity index is 947. The Morgan fingerprint density at radius 3 is 3.00 bits per heavy atom. The molecule has 0 aliphatic carbocycles. The average Bonchev–Trinajstić information content (AvgIpc) is 2.95. The first-order chi connectivity index (χ1) is 10.3. The van der Waals surface area contributed by atoms with Gasteiger partial charge < -0.3 is 9.72 Å². The number of nitrogens with one attached hydrogen (secondary N) is 1. The lowest BCUT2D eigenvalue weighted by Gasteiger charge is -2.08. The standard InChI is InChI=1S/C15H10BrN5/c16-13-9-21-7-6-18-15(21)14(20-13)19-11-3-4-12-10(8-11)2-1-5-17-12/h1-9H,(H,19,20). The van der Waals surface area contributed by atoms with E-state index in [0.717, 1.165) is 26.8 Å². The summed E-state index contributed by atoms with van der Waals surface area (Å²) in [5.74, 6) is 0.706. The van der Waals surface area contributed by atoms with Crippen LogP contribution >= 0.6 is 15.9 Å². The molecule has 0 saturated heterocycles. The van der Waals surface area contributed by atoms with E-state index in [1.54, 1.807) is 12.4 Å². The molecule has 0 bridgehead atoms. The number of aromatic nitrogens is 4. The Morgan fingerprint density at radius 1 is 1.10 bits per heavy atom. The molecule has 0 radical (unpaired) electrons. The number of nitrogens with zero attached hydrogens (tertiary/aromatic N) is 4. The largest absolute Gasteiger partial charge is 0.337 e. The maximum Gasteiger partial charge on any atom is 0.180 e. The number of pyridine rings is 1. The summed E-state index contributed by atoms with van der Waals surface area (Å²) >= 11 is 3.41. The van der Waals surface area contributed by atoms with Crippen LogP contribution in [0.25, 0.3) is 16.6 Å². The molecule has 4 rings (SSSR count). The van der Waals surface area contributed by atoms with E-state index in [0.29, 0.717) is 5.82 Å². The zero-order valence-electron chi connectivity index (χ0n) is 10.9. The highest BCUT2D eigenvalue weighted by atomic mass is 79.9.